The van der Waals surface area contributed by atoms with Crippen LogP contribution in [-0.4, -0.2) is 47.0 Å². The Morgan fingerprint density at radius 2 is 2.00 bits per heavy atom. The second kappa shape index (κ2) is 4.88. The molecule has 1 atom stereocenters. The van der Waals surface area contributed by atoms with Crippen LogP contribution in [0.5, 0.6) is 0 Å². The van der Waals surface area contributed by atoms with Crippen LogP contribution in [0, 0.1) is 0 Å². The molecule has 1 N–H and O–H groups in total. The number of rotatable bonds is 4. The Bertz CT molecular complexity index is 272. The number of morpholine rings is 1. The van der Waals surface area contributed by atoms with Gasteiger partial charge in [0.1, 0.15) is 13.2 Å². The fourth-order valence-corrected chi connectivity index (χ4v) is 1.53. The van der Waals surface area contributed by atoms with E-state index in [1.807, 2.05) is 0 Å². The Morgan fingerprint density at radius 1 is 1.47 bits per heavy atom. The fraction of sp³-hybridized carbons (Fsp3) is 0.667. The van der Waals surface area contributed by atoms with Gasteiger partial charge in [-0.25, -0.2) is 0 Å². The molecule has 0 aliphatic carbocycles. The Balaban J connectivity index is 2.75. The Labute approximate surface area is 86.8 Å². The molecule has 2 amide bonds. The molecular formula is C9H13NO5. The first-order chi connectivity index (χ1) is 7.06. The third-order valence-electron chi connectivity index (χ3n) is 2.24. The lowest BCUT2D eigenvalue weighted by Gasteiger charge is -2.31. The van der Waals surface area contributed by atoms with E-state index in [0.717, 1.165) is 4.90 Å². The zero-order chi connectivity index (χ0) is 11.4. The molecule has 6 nitrogen and oxygen atoms in total. The molecule has 1 unspecified atom stereocenters. The summed E-state index contributed by atoms with van der Waals surface area (Å²) in [6, 6.07) is -0.564. The second-order valence-electron chi connectivity index (χ2n) is 3.31. The lowest BCUT2D eigenvalue weighted by molar-refractivity contribution is -0.162. The van der Waals surface area contributed by atoms with Gasteiger partial charge in [0.25, 0.3) is 11.8 Å². The first-order valence-corrected chi connectivity index (χ1v) is 4.70. The van der Waals surface area contributed by atoms with Crippen molar-refractivity contribution in [3.63, 3.8) is 0 Å². The summed E-state index contributed by atoms with van der Waals surface area (Å²) in [6.07, 6.45) is 0.220. The van der Waals surface area contributed by atoms with Gasteiger partial charge in [0.15, 0.2) is 0 Å². The molecule has 0 radical (unpaired) electrons. The predicted octanol–water partition coefficient (Wildman–Crippen LogP) is -0.375. The maximum atomic E-state index is 11.4. The Hall–Kier alpha value is -1.43. The number of aliphatic carboxylic acids is 1. The Morgan fingerprint density at radius 3 is 2.40 bits per heavy atom. The van der Waals surface area contributed by atoms with Crippen molar-refractivity contribution in [2.45, 2.75) is 25.8 Å². The smallest absolute Gasteiger partial charge is 0.305 e. The number of carboxylic acid groups (broad SMARTS) is 1. The highest BCUT2D eigenvalue weighted by atomic mass is 16.5. The van der Waals surface area contributed by atoms with Gasteiger partial charge in [-0.3, -0.25) is 19.3 Å². The molecule has 1 aliphatic rings. The van der Waals surface area contributed by atoms with Crippen molar-refractivity contribution >= 4 is 17.8 Å². The van der Waals surface area contributed by atoms with E-state index in [4.69, 9.17) is 9.84 Å². The molecule has 0 spiro atoms. The molecule has 0 saturated carbocycles. The van der Waals surface area contributed by atoms with Crippen molar-refractivity contribution in [1.82, 2.24) is 4.90 Å². The minimum Gasteiger partial charge on any atom is -0.481 e. The van der Waals surface area contributed by atoms with Crippen LogP contribution < -0.4 is 0 Å². The van der Waals surface area contributed by atoms with E-state index in [-0.39, 0.29) is 19.6 Å². The van der Waals surface area contributed by atoms with Crippen molar-refractivity contribution in [2.75, 3.05) is 13.2 Å². The fourth-order valence-electron chi connectivity index (χ4n) is 1.53. The summed E-state index contributed by atoms with van der Waals surface area (Å²) in [4.78, 5) is 34.3. The minimum absolute atomic E-state index is 0.151. The van der Waals surface area contributed by atoms with Crippen molar-refractivity contribution in [3.8, 4) is 0 Å². The number of ether oxygens (including phenoxy) is 1. The molecule has 1 saturated heterocycles. The first kappa shape index (κ1) is 11.6. The molecule has 0 aromatic rings. The largest absolute Gasteiger partial charge is 0.481 e. The summed E-state index contributed by atoms with van der Waals surface area (Å²) < 4.78 is 4.74. The maximum Gasteiger partial charge on any atom is 0.305 e. The summed E-state index contributed by atoms with van der Waals surface area (Å²) in [5, 5.41) is 8.64. The number of hydrogen-bond acceptors (Lipinski definition) is 4. The standard InChI is InChI=1S/C9H13NO5/c1-2-6(3-9(13)14)10-7(11)4-15-5-8(10)12/h6H,2-5H2,1H3,(H,13,14). The molecule has 1 heterocycles. The average molecular weight is 215 g/mol. The van der Waals surface area contributed by atoms with Gasteiger partial charge in [0, 0.05) is 0 Å². The lowest BCUT2D eigenvalue weighted by Crippen LogP contribution is -2.51. The molecule has 15 heavy (non-hydrogen) atoms. The molecule has 1 fully saturated rings. The highest BCUT2D eigenvalue weighted by Crippen LogP contribution is 2.13. The van der Waals surface area contributed by atoms with E-state index in [0.29, 0.717) is 6.42 Å². The van der Waals surface area contributed by atoms with Gasteiger partial charge in [-0.1, -0.05) is 6.92 Å². The van der Waals surface area contributed by atoms with E-state index < -0.39 is 23.8 Å². The van der Waals surface area contributed by atoms with Crippen LogP contribution in [-0.2, 0) is 19.1 Å². The van der Waals surface area contributed by atoms with Gasteiger partial charge in [0.05, 0.1) is 12.5 Å². The van der Waals surface area contributed by atoms with E-state index in [9.17, 15) is 14.4 Å². The zero-order valence-corrected chi connectivity index (χ0v) is 8.43. The third-order valence-corrected chi connectivity index (χ3v) is 2.24. The average Bonchev–Trinajstić information content (AvgIpc) is 2.15. The number of carbonyl (C=O) groups is 3. The van der Waals surface area contributed by atoms with Gasteiger partial charge in [0.2, 0.25) is 0 Å². The summed E-state index contributed by atoms with van der Waals surface area (Å²) in [7, 11) is 0. The summed E-state index contributed by atoms with van der Waals surface area (Å²) >= 11 is 0. The predicted molar refractivity (Wildman–Crippen MR) is 49.0 cm³/mol. The number of amides is 2. The zero-order valence-electron chi connectivity index (χ0n) is 8.43. The number of carboxylic acids is 1. The van der Waals surface area contributed by atoms with Crippen LogP contribution in [0.25, 0.3) is 0 Å². The van der Waals surface area contributed by atoms with Crippen LogP contribution in [0.2, 0.25) is 0 Å². The number of carbonyl (C=O) groups excluding carboxylic acids is 2. The molecule has 0 aromatic heterocycles. The van der Waals surface area contributed by atoms with Crippen LogP contribution in [0.4, 0.5) is 0 Å². The number of nitrogens with zero attached hydrogens (tertiary/aromatic N) is 1. The summed E-state index contributed by atoms with van der Waals surface area (Å²) in [5.41, 5.74) is 0. The van der Waals surface area contributed by atoms with Crippen LogP contribution >= 0.6 is 0 Å². The molecule has 1 rings (SSSR count). The van der Waals surface area contributed by atoms with Crippen LogP contribution in [0.1, 0.15) is 19.8 Å². The topological polar surface area (TPSA) is 83.9 Å². The van der Waals surface area contributed by atoms with Gasteiger partial charge in [-0.2, -0.15) is 0 Å². The highest BCUT2D eigenvalue weighted by molar-refractivity contribution is 5.99. The van der Waals surface area contributed by atoms with Crippen molar-refractivity contribution in [1.29, 1.82) is 0 Å². The van der Waals surface area contributed by atoms with Crippen molar-refractivity contribution < 1.29 is 24.2 Å². The van der Waals surface area contributed by atoms with Crippen molar-refractivity contribution in [2.24, 2.45) is 0 Å². The quantitative estimate of drug-likeness (QED) is 0.646. The molecule has 0 bridgehead atoms. The molecule has 0 aromatic carbocycles. The first-order valence-electron chi connectivity index (χ1n) is 4.70. The maximum absolute atomic E-state index is 11.4. The second-order valence-corrected chi connectivity index (χ2v) is 3.31. The normalized spacial score (nSPS) is 19.1. The lowest BCUT2D eigenvalue weighted by atomic mass is 10.1. The highest BCUT2D eigenvalue weighted by Gasteiger charge is 2.33. The van der Waals surface area contributed by atoms with Crippen LogP contribution in [0.15, 0.2) is 0 Å². The number of imide groups is 1. The van der Waals surface area contributed by atoms with Gasteiger partial charge in [-0.05, 0) is 6.42 Å². The SMILES string of the molecule is CCC(CC(=O)O)N1C(=O)COCC1=O. The van der Waals surface area contributed by atoms with Gasteiger partial charge in [-0.15, -0.1) is 0 Å². The van der Waals surface area contributed by atoms with E-state index >= 15 is 0 Å². The van der Waals surface area contributed by atoms with Gasteiger partial charge >= 0.3 is 5.97 Å². The minimum atomic E-state index is -1.02. The van der Waals surface area contributed by atoms with E-state index in [1.165, 1.54) is 0 Å². The van der Waals surface area contributed by atoms with Crippen LogP contribution in [0.3, 0.4) is 0 Å². The van der Waals surface area contributed by atoms with Gasteiger partial charge < -0.3 is 9.84 Å². The Kier molecular flexibility index (Phi) is 3.79. The molecule has 84 valence electrons. The van der Waals surface area contributed by atoms with E-state index in [2.05, 4.69) is 0 Å². The monoisotopic (exact) mass is 215 g/mol. The molecule has 1 aliphatic heterocycles. The summed E-state index contributed by atoms with van der Waals surface area (Å²) in [6.45, 7) is 1.44. The van der Waals surface area contributed by atoms with Crippen molar-refractivity contribution in [3.05, 3.63) is 0 Å². The number of hydrogen-bond donors (Lipinski definition) is 1. The van der Waals surface area contributed by atoms with E-state index in [1.54, 1.807) is 6.92 Å². The molecule has 6 heteroatoms. The molecular weight excluding hydrogens is 202 g/mol. The third kappa shape index (κ3) is 2.76. The summed E-state index contributed by atoms with van der Waals surface area (Å²) in [5.74, 6) is -1.94.